The van der Waals surface area contributed by atoms with Crippen molar-refractivity contribution in [3.8, 4) is 12.3 Å². The molecule has 0 fully saturated rings. The Labute approximate surface area is 129 Å². The van der Waals surface area contributed by atoms with Gasteiger partial charge in [0.05, 0.1) is 17.4 Å². The Kier molecular flexibility index (Phi) is 3.71. The Morgan fingerprint density at radius 2 is 2.14 bits per heavy atom. The van der Waals surface area contributed by atoms with E-state index in [4.69, 9.17) is 16.9 Å². The predicted molar refractivity (Wildman–Crippen MR) is 85.5 cm³/mol. The fraction of sp³-hybridized carbons (Fsp3) is 0.400. The maximum absolute atomic E-state index is 12.2. The molecule has 0 aliphatic heterocycles. The minimum atomic E-state index is -0.605. The highest BCUT2D eigenvalue weighted by Crippen LogP contribution is 2.28. The van der Waals surface area contributed by atoms with Crippen LogP contribution in [-0.4, -0.2) is 33.3 Å². The van der Waals surface area contributed by atoms with Crippen LogP contribution < -0.4 is 10.6 Å². The van der Waals surface area contributed by atoms with Gasteiger partial charge in [0, 0.05) is 14.1 Å². The van der Waals surface area contributed by atoms with E-state index in [0.29, 0.717) is 28.4 Å². The summed E-state index contributed by atoms with van der Waals surface area (Å²) in [5.74, 6) is 3.23. The topological polar surface area (TPSA) is 86.3 Å². The van der Waals surface area contributed by atoms with Crippen molar-refractivity contribution in [2.45, 2.75) is 26.4 Å². The lowest BCUT2D eigenvalue weighted by molar-refractivity contribution is 0.0588. The summed E-state index contributed by atoms with van der Waals surface area (Å²) in [7, 11) is 3.33. The maximum Gasteiger partial charge on any atom is 0.415 e. The van der Waals surface area contributed by atoms with E-state index < -0.39 is 11.7 Å². The van der Waals surface area contributed by atoms with Gasteiger partial charge in [0.2, 0.25) is 0 Å². The summed E-state index contributed by atoms with van der Waals surface area (Å²) in [6, 6.07) is 0. The number of nitrogen functional groups attached to an aromatic ring is 1. The van der Waals surface area contributed by atoms with Crippen molar-refractivity contribution < 1.29 is 9.53 Å². The van der Waals surface area contributed by atoms with Crippen molar-refractivity contribution in [1.82, 2.24) is 14.5 Å². The molecule has 2 rings (SSSR count). The molecular formula is C15H19N5O2. The first kappa shape index (κ1) is 15.6. The van der Waals surface area contributed by atoms with Crippen LogP contribution in [0.5, 0.6) is 0 Å². The van der Waals surface area contributed by atoms with Crippen molar-refractivity contribution in [3.05, 3.63) is 12.0 Å². The van der Waals surface area contributed by atoms with E-state index in [0.717, 1.165) is 0 Å². The van der Waals surface area contributed by atoms with Crippen LogP contribution in [0.1, 0.15) is 26.6 Å². The van der Waals surface area contributed by atoms with Gasteiger partial charge in [0.1, 0.15) is 11.1 Å². The third kappa shape index (κ3) is 2.68. The summed E-state index contributed by atoms with van der Waals surface area (Å²) in [6.45, 7) is 5.38. The van der Waals surface area contributed by atoms with Crippen molar-refractivity contribution in [2.24, 2.45) is 7.05 Å². The molecule has 0 radical (unpaired) electrons. The molecule has 0 spiro atoms. The second kappa shape index (κ2) is 5.22. The van der Waals surface area contributed by atoms with Crippen LogP contribution >= 0.6 is 0 Å². The van der Waals surface area contributed by atoms with Crippen molar-refractivity contribution in [1.29, 1.82) is 0 Å². The second-order valence-corrected chi connectivity index (χ2v) is 5.91. The van der Waals surface area contributed by atoms with Crippen LogP contribution in [0.25, 0.3) is 11.0 Å². The molecule has 2 aromatic rings. The van der Waals surface area contributed by atoms with Gasteiger partial charge in [-0.3, -0.25) is 4.90 Å². The van der Waals surface area contributed by atoms with E-state index in [1.54, 1.807) is 39.4 Å². The number of fused-ring (bicyclic) bond motifs is 1. The molecule has 2 aromatic heterocycles. The van der Waals surface area contributed by atoms with Gasteiger partial charge >= 0.3 is 6.09 Å². The minimum Gasteiger partial charge on any atom is -0.443 e. The Morgan fingerprint density at radius 1 is 1.50 bits per heavy atom. The molecule has 0 saturated heterocycles. The van der Waals surface area contributed by atoms with E-state index in [1.165, 1.54) is 11.1 Å². The number of hydrogen-bond donors (Lipinski definition) is 1. The molecule has 0 atom stereocenters. The quantitative estimate of drug-likeness (QED) is 0.813. The zero-order valence-corrected chi connectivity index (χ0v) is 13.3. The molecule has 0 bridgehead atoms. The van der Waals surface area contributed by atoms with E-state index in [9.17, 15) is 4.79 Å². The van der Waals surface area contributed by atoms with Gasteiger partial charge in [-0.05, 0) is 26.7 Å². The smallest absolute Gasteiger partial charge is 0.415 e. The summed E-state index contributed by atoms with van der Waals surface area (Å²) in [5.41, 5.74) is 6.87. The zero-order valence-electron chi connectivity index (χ0n) is 13.3. The van der Waals surface area contributed by atoms with Crippen LogP contribution in [0.3, 0.4) is 0 Å². The highest BCUT2D eigenvalue weighted by Gasteiger charge is 2.25. The van der Waals surface area contributed by atoms with Crippen LogP contribution in [-0.2, 0) is 11.8 Å². The first-order valence-corrected chi connectivity index (χ1v) is 6.70. The zero-order chi connectivity index (χ0) is 16.7. The summed E-state index contributed by atoms with van der Waals surface area (Å²) in [6.07, 6.45) is 6.38. The lowest BCUT2D eigenvalue weighted by Crippen LogP contribution is -2.34. The highest BCUT2D eigenvalue weighted by molar-refractivity contribution is 6.00. The number of anilines is 2. The van der Waals surface area contributed by atoms with Crippen LogP contribution in [0.2, 0.25) is 0 Å². The van der Waals surface area contributed by atoms with Gasteiger partial charge in [0.25, 0.3) is 0 Å². The van der Waals surface area contributed by atoms with E-state index in [-0.39, 0.29) is 0 Å². The lowest BCUT2D eigenvalue weighted by Gasteiger charge is -2.24. The number of hydrogen-bond acceptors (Lipinski definition) is 5. The Morgan fingerprint density at radius 3 is 2.68 bits per heavy atom. The third-order valence-electron chi connectivity index (χ3n) is 3.02. The largest absolute Gasteiger partial charge is 0.443 e. The summed E-state index contributed by atoms with van der Waals surface area (Å²) >= 11 is 0. The SMILES string of the molecule is C#Cc1nc2c(N(C)C(=O)OC(C)(C)C)ncc(N)c2n1C. The molecule has 0 aliphatic carbocycles. The van der Waals surface area contributed by atoms with Gasteiger partial charge in [-0.15, -0.1) is 6.42 Å². The highest BCUT2D eigenvalue weighted by atomic mass is 16.6. The summed E-state index contributed by atoms with van der Waals surface area (Å²) in [5, 5.41) is 0. The number of imidazole rings is 1. The van der Waals surface area contributed by atoms with Crippen LogP contribution in [0.4, 0.5) is 16.3 Å². The molecule has 1 amide bonds. The van der Waals surface area contributed by atoms with Gasteiger partial charge in [0.15, 0.2) is 11.6 Å². The molecule has 0 aliphatic rings. The van der Waals surface area contributed by atoms with Gasteiger partial charge in [-0.1, -0.05) is 0 Å². The molecule has 7 nitrogen and oxygen atoms in total. The molecule has 0 aromatic carbocycles. The molecule has 116 valence electrons. The molecule has 2 heterocycles. The number of nitrogens with zero attached hydrogens (tertiary/aromatic N) is 4. The van der Waals surface area contributed by atoms with Crippen molar-refractivity contribution >= 4 is 28.6 Å². The number of terminal acetylenes is 1. The lowest BCUT2D eigenvalue weighted by atomic mass is 10.2. The van der Waals surface area contributed by atoms with Gasteiger partial charge in [-0.2, -0.15) is 0 Å². The van der Waals surface area contributed by atoms with Crippen LogP contribution in [0, 0.1) is 12.3 Å². The van der Waals surface area contributed by atoms with Crippen LogP contribution in [0.15, 0.2) is 6.20 Å². The molecule has 0 saturated carbocycles. The molecular weight excluding hydrogens is 282 g/mol. The maximum atomic E-state index is 12.2. The fourth-order valence-electron chi connectivity index (χ4n) is 2.03. The number of rotatable bonds is 1. The number of amides is 1. The number of aromatic nitrogens is 3. The molecule has 7 heteroatoms. The number of nitrogens with two attached hydrogens (primary N) is 1. The number of carbonyl (C=O) groups is 1. The summed E-state index contributed by atoms with van der Waals surface area (Å²) in [4.78, 5) is 22.0. The first-order chi connectivity index (χ1) is 10.2. The van der Waals surface area contributed by atoms with E-state index >= 15 is 0 Å². The third-order valence-corrected chi connectivity index (χ3v) is 3.02. The molecule has 0 unspecified atom stereocenters. The Balaban J connectivity index is 2.55. The second-order valence-electron chi connectivity index (χ2n) is 5.91. The summed E-state index contributed by atoms with van der Waals surface area (Å²) < 4.78 is 7.03. The minimum absolute atomic E-state index is 0.343. The van der Waals surface area contributed by atoms with Crippen molar-refractivity contribution in [3.63, 3.8) is 0 Å². The Bertz CT molecular complexity index is 780. The van der Waals surface area contributed by atoms with Crippen molar-refractivity contribution in [2.75, 3.05) is 17.7 Å². The fourth-order valence-corrected chi connectivity index (χ4v) is 2.03. The van der Waals surface area contributed by atoms with Gasteiger partial charge < -0.3 is 15.0 Å². The number of carbonyl (C=O) groups excluding carboxylic acids is 1. The van der Waals surface area contributed by atoms with Gasteiger partial charge in [-0.25, -0.2) is 14.8 Å². The monoisotopic (exact) mass is 301 g/mol. The first-order valence-electron chi connectivity index (χ1n) is 6.70. The number of aryl methyl sites for hydroxylation is 1. The number of ether oxygens (including phenoxy) is 1. The molecule has 2 N–H and O–H groups in total. The van der Waals surface area contributed by atoms with E-state index in [2.05, 4.69) is 15.9 Å². The predicted octanol–water partition coefficient (Wildman–Crippen LogP) is 1.90. The Hall–Kier alpha value is -2.75. The number of pyridine rings is 1. The molecule has 22 heavy (non-hydrogen) atoms. The normalized spacial score (nSPS) is 11.3. The van der Waals surface area contributed by atoms with E-state index in [1.807, 2.05) is 0 Å². The average Bonchev–Trinajstić information content (AvgIpc) is 2.74. The standard InChI is InChI=1S/C15H19N5O2/c1-7-10-18-11-12(19(10)5)9(16)8-17-13(11)20(6)14(21)22-15(2,3)4/h1,8H,16H2,2-6H3. The average molecular weight is 301 g/mol.